The van der Waals surface area contributed by atoms with Crippen LogP contribution < -0.4 is 4.74 Å². The second-order valence-electron chi connectivity index (χ2n) is 2.64. The first-order chi connectivity index (χ1) is 6.54. The Morgan fingerprint density at radius 2 is 2.29 bits per heavy atom. The normalized spacial score (nSPS) is 9.93. The molecule has 0 saturated heterocycles. The lowest BCUT2D eigenvalue weighted by Gasteiger charge is -2.09. The van der Waals surface area contributed by atoms with Gasteiger partial charge in [-0.15, -0.1) is 0 Å². The summed E-state index contributed by atoms with van der Waals surface area (Å²) in [5.74, 6) is -0.432. The predicted octanol–water partition coefficient (Wildman–Crippen LogP) is 2.74. The number of methoxy groups -OCH3 is 1. The molecular formula is C9H8BrClO3. The van der Waals surface area contributed by atoms with Crippen LogP contribution in [-0.4, -0.2) is 18.2 Å². The Hall–Kier alpha value is -0.740. The molecule has 3 nitrogen and oxygen atoms in total. The number of aliphatic carboxylic acids is 1. The molecule has 0 heterocycles. The molecule has 0 aliphatic heterocycles. The van der Waals surface area contributed by atoms with Gasteiger partial charge >= 0.3 is 5.97 Å². The first-order valence-corrected chi connectivity index (χ1v) is 4.95. The van der Waals surface area contributed by atoms with Gasteiger partial charge in [0.1, 0.15) is 5.75 Å². The molecule has 1 N–H and O–H groups in total. The highest BCUT2D eigenvalue weighted by molar-refractivity contribution is 9.10. The van der Waals surface area contributed by atoms with Crippen molar-refractivity contribution in [2.75, 3.05) is 7.11 Å². The fraction of sp³-hybridized carbons (Fsp3) is 0.222. The lowest BCUT2D eigenvalue weighted by Crippen LogP contribution is -2.03. The molecule has 0 saturated carbocycles. The summed E-state index contributed by atoms with van der Waals surface area (Å²) in [7, 11) is 1.48. The van der Waals surface area contributed by atoms with E-state index in [4.69, 9.17) is 21.4 Å². The molecule has 0 atom stereocenters. The average Bonchev–Trinajstić information content (AvgIpc) is 2.08. The Labute approximate surface area is 94.8 Å². The van der Waals surface area contributed by atoms with Crippen molar-refractivity contribution in [1.82, 2.24) is 0 Å². The second-order valence-corrected chi connectivity index (χ2v) is 3.93. The van der Waals surface area contributed by atoms with E-state index in [9.17, 15) is 4.79 Å². The molecule has 1 rings (SSSR count). The van der Waals surface area contributed by atoms with E-state index in [1.54, 1.807) is 12.1 Å². The standard InChI is InChI=1S/C9H8BrClO3/c1-14-8-3-5(11)2-7(10)6(8)4-9(12)13/h2-3H,4H2,1H3,(H,12,13). The minimum Gasteiger partial charge on any atom is -0.496 e. The monoisotopic (exact) mass is 278 g/mol. The SMILES string of the molecule is COc1cc(Cl)cc(Br)c1CC(=O)O. The van der Waals surface area contributed by atoms with Crippen molar-refractivity contribution in [3.8, 4) is 5.75 Å². The lowest BCUT2D eigenvalue weighted by molar-refractivity contribution is -0.136. The molecule has 0 spiro atoms. The fourth-order valence-corrected chi connectivity index (χ4v) is 2.01. The summed E-state index contributed by atoms with van der Waals surface area (Å²) in [6, 6.07) is 3.23. The quantitative estimate of drug-likeness (QED) is 0.925. The molecule has 76 valence electrons. The number of carboxylic acids is 1. The second kappa shape index (κ2) is 4.66. The first-order valence-electron chi connectivity index (χ1n) is 3.78. The fourth-order valence-electron chi connectivity index (χ4n) is 1.08. The van der Waals surface area contributed by atoms with Crippen LogP contribution in [0.25, 0.3) is 0 Å². The minimum atomic E-state index is -0.911. The van der Waals surface area contributed by atoms with Gasteiger partial charge in [0.2, 0.25) is 0 Å². The van der Waals surface area contributed by atoms with Crippen LogP contribution >= 0.6 is 27.5 Å². The molecule has 5 heteroatoms. The molecule has 0 aliphatic rings. The topological polar surface area (TPSA) is 46.5 Å². The number of hydrogen-bond acceptors (Lipinski definition) is 2. The zero-order valence-corrected chi connectivity index (χ0v) is 9.72. The van der Waals surface area contributed by atoms with Crippen molar-refractivity contribution >= 4 is 33.5 Å². The maximum atomic E-state index is 10.6. The third-order valence-electron chi connectivity index (χ3n) is 1.67. The average molecular weight is 280 g/mol. The summed E-state index contributed by atoms with van der Waals surface area (Å²) in [4.78, 5) is 10.6. The Kier molecular flexibility index (Phi) is 3.77. The summed E-state index contributed by atoms with van der Waals surface area (Å²) in [5, 5.41) is 9.17. The zero-order chi connectivity index (χ0) is 10.7. The van der Waals surface area contributed by atoms with Gasteiger partial charge in [0.15, 0.2) is 0 Å². The van der Waals surface area contributed by atoms with Gasteiger partial charge in [-0.25, -0.2) is 0 Å². The van der Waals surface area contributed by atoms with Crippen molar-refractivity contribution in [2.45, 2.75) is 6.42 Å². The van der Waals surface area contributed by atoms with Crippen LogP contribution in [-0.2, 0) is 11.2 Å². The van der Waals surface area contributed by atoms with Crippen molar-refractivity contribution < 1.29 is 14.6 Å². The summed E-state index contributed by atoms with van der Waals surface area (Å²) < 4.78 is 5.67. The van der Waals surface area contributed by atoms with Crippen LogP contribution in [0.15, 0.2) is 16.6 Å². The van der Waals surface area contributed by atoms with Gasteiger partial charge in [0.05, 0.1) is 13.5 Å². The molecule has 14 heavy (non-hydrogen) atoms. The number of halogens is 2. The number of hydrogen-bond donors (Lipinski definition) is 1. The Morgan fingerprint density at radius 1 is 1.64 bits per heavy atom. The molecule has 0 unspecified atom stereocenters. The Bertz CT molecular complexity index is 365. The summed E-state index contributed by atoms with van der Waals surface area (Å²) in [5.41, 5.74) is 0.587. The van der Waals surface area contributed by atoms with E-state index in [1.165, 1.54) is 7.11 Å². The highest BCUT2D eigenvalue weighted by Gasteiger charge is 2.12. The molecule has 0 bridgehead atoms. The van der Waals surface area contributed by atoms with E-state index >= 15 is 0 Å². The van der Waals surface area contributed by atoms with E-state index in [-0.39, 0.29) is 6.42 Å². The predicted molar refractivity (Wildman–Crippen MR) is 57.0 cm³/mol. The molecule has 0 amide bonds. The number of rotatable bonds is 3. The van der Waals surface area contributed by atoms with Crippen molar-refractivity contribution in [2.24, 2.45) is 0 Å². The minimum absolute atomic E-state index is 0.0963. The van der Waals surface area contributed by atoms with E-state index in [1.807, 2.05) is 0 Å². The Balaban J connectivity index is 3.18. The van der Waals surface area contributed by atoms with E-state index in [0.717, 1.165) is 0 Å². The molecule has 0 aromatic heterocycles. The van der Waals surface area contributed by atoms with Crippen molar-refractivity contribution in [1.29, 1.82) is 0 Å². The molecule has 1 aromatic rings. The highest BCUT2D eigenvalue weighted by Crippen LogP contribution is 2.31. The zero-order valence-electron chi connectivity index (χ0n) is 7.38. The van der Waals surface area contributed by atoms with Gasteiger partial charge in [0.25, 0.3) is 0 Å². The van der Waals surface area contributed by atoms with Gasteiger partial charge in [-0.1, -0.05) is 27.5 Å². The van der Waals surface area contributed by atoms with Gasteiger partial charge < -0.3 is 9.84 Å². The third kappa shape index (κ3) is 2.62. The summed E-state index contributed by atoms with van der Waals surface area (Å²) >= 11 is 9.02. The lowest BCUT2D eigenvalue weighted by atomic mass is 10.1. The summed E-state index contributed by atoms with van der Waals surface area (Å²) in [6.45, 7) is 0. The largest absolute Gasteiger partial charge is 0.496 e. The van der Waals surface area contributed by atoms with Crippen LogP contribution in [0.3, 0.4) is 0 Å². The smallest absolute Gasteiger partial charge is 0.308 e. The highest BCUT2D eigenvalue weighted by atomic mass is 79.9. The molecule has 0 aliphatic carbocycles. The first kappa shape index (κ1) is 11.3. The third-order valence-corrected chi connectivity index (χ3v) is 2.59. The molecule has 0 fully saturated rings. The van der Waals surface area contributed by atoms with Crippen LogP contribution in [0.2, 0.25) is 5.02 Å². The number of carbonyl (C=O) groups is 1. The van der Waals surface area contributed by atoms with Crippen LogP contribution in [0.4, 0.5) is 0 Å². The molecular weight excluding hydrogens is 271 g/mol. The number of ether oxygens (including phenoxy) is 1. The van der Waals surface area contributed by atoms with Gasteiger partial charge in [-0.2, -0.15) is 0 Å². The Morgan fingerprint density at radius 3 is 2.79 bits per heavy atom. The van der Waals surface area contributed by atoms with Crippen molar-refractivity contribution in [3.05, 3.63) is 27.2 Å². The molecule has 1 aromatic carbocycles. The number of benzene rings is 1. The van der Waals surface area contributed by atoms with Gasteiger partial charge in [-0.3, -0.25) is 4.79 Å². The summed E-state index contributed by atoms with van der Waals surface area (Å²) in [6.07, 6.45) is -0.0963. The van der Waals surface area contributed by atoms with Crippen LogP contribution in [0.5, 0.6) is 5.75 Å². The van der Waals surface area contributed by atoms with Crippen LogP contribution in [0.1, 0.15) is 5.56 Å². The van der Waals surface area contributed by atoms with E-state index < -0.39 is 5.97 Å². The van der Waals surface area contributed by atoms with Gasteiger partial charge in [0, 0.05) is 15.1 Å². The maximum absolute atomic E-state index is 10.6. The van der Waals surface area contributed by atoms with Crippen LogP contribution in [0, 0.1) is 0 Å². The van der Waals surface area contributed by atoms with E-state index in [0.29, 0.717) is 20.8 Å². The van der Waals surface area contributed by atoms with E-state index in [2.05, 4.69) is 15.9 Å². The number of carboxylic acid groups (broad SMARTS) is 1. The molecule has 0 radical (unpaired) electrons. The maximum Gasteiger partial charge on any atom is 0.308 e. The van der Waals surface area contributed by atoms with Crippen molar-refractivity contribution in [3.63, 3.8) is 0 Å². The van der Waals surface area contributed by atoms with Gasteiger partial charge in [-0.05, 0) is 12.1 Å².